The summed E-state index contributed by atoms with van der Waals surface area (Å²) in [4.78, 5) is 2.13. The van der Waals surface area contributed by atoms with Gasteiger partial charge in [-0.3, -0.25) is 4.55 Å². The van der Waals surface area contributed by atoms with Gasteiger partial charge in [0.15, 0.2) is 0 Å². The lowest BCUT2D eigenvalue weighted by Crippen LogP contribution is -2.23. The maximum absolute atomic E-state index is 10.5. The van der Waals surface area contributed by atoms with E-state index >= 15 is 0 Å². The Morgan fingerprint density at radius 3 is 2.00 bits per heavy atom. The third-order valence-corrected chi connectivity index (χ3v) is 4.56. The molecule has 0 aliphatic rings. The molecule has 0 bridgehead atoms. The van der Waals surface area contributed by atoms with E-state index in [1.807, 2.05) is 6.92 Å². The first kappa shape index (κ1) is 23.1. The molecule has 0 atom stereocenters. The Morgan fingerprint density at radius 1 is 0.958 bits per heavy atom. The van der Waals surface area contributed by atoms with Crippen molar-refractivity contribution in [3.05, 3.63) is 29.8 Å². The molecule has 0 fully saturated rings. The molecule has 0 radical (unpaired) electrons. The van der Waals surface area contributed by atoms with E-state index in [2.05, 4.69) is 18.9 Å². The summed E-state index contributed by atoms with van der Waals surface area (Å²) in [5, 5.41) is 8.67. The zero-order valence-electron chi connectivity index (χ0n) is 15.2. The van der Waals surface area contributed by atoms with Crippen molar-refractivity contribution >= 4 is 10.1 Å². The average molecular weight is 360 g/mol. The Kier molecular flexibility index (Phi) is 12.8. The zero-order valence-corrected chi connectivity index (χ0v) is 16.1. The van der Waals surface area contributed by atoms with Gasteiger partial charge in [-0.2, -0.15) is 8.42 Å². The van der Waals surface area contributed by atoms with Crippen molar-refractivity contribution in [1.82, 2.24) is 4.90 Å². The lowest BCUT2D eigenvalue weighted by atomic mass is 10.1. The summed E-state index contributed by atoms with van der Waals surface area (Å²) < 4.78 is 29.6. The summed E-state index contributed by atoms with van der Waals surface area (Å²) in [6, 6.07) is 5.99. The molecule has 0 amide bonds. The number of hydrogen-bond acceptors (Lipinski definition) is 4. The van der Waals surface area contributed by atoms with Crippen molar-refractivity contribution in [1.29, 1.82) is 0 Å². The Hall–Kier alpha value is -0.950. The number of aliphatic hydroxyl groups excluding tert-OH is 1. The summed E-state index contributed by atoms with van der Waals surface area (Å²) in [5.41, 5.74) is 0.956. The minimum atomic E-state index is -4.02. The number of aryl methyl sites for hydroxylation is 1. The number of likely N-dealkylation sites (N-methyl/N-ethyl adjacent to an activating group) is 1. The van der Waals surface area contributed by atoms with Gasteiger partial charge in [0.1, 0.15) is 0 Å². The molecule has 0 spiro atoms. The van der Waals surface area contributed by atoms with Gasteiger partial charge >= 0.3 is 0 Å². The lowest BCUT2D eigenvalue weighted by Gasteiger charge is -2.14. The van der Waals surface area contributed by atoms with Crippen molar-refractivity contribution in [2.24, 2.45) is 0 Å². The smallest absolute Gasteiger partial charge is 0.294 e. The summed E-state index contributed by atoms with van der Waals surface area (Å²) in [7, 11) is -1.95. The van der Waals surface area contributed by atoms with Crippen LogP contribution in [0.4, 0.5) is 0 Å². The number of hydrogen-bond donors (Lipinski definition) is 2. The Bertz CT molecular complexity index is 514. The summed E-state index contributed by atoms with van der Waals surface area (Å²) in [6.07, 6.45) is 8.09. The van der Waals surface area contributed by atoms with Crippen LogP contribution in [0.15, 0.2) is 29.2 Å². The van der Waals surface area contributed by atoms with Gasteiger partial charge < -0.3 is 10.0 Å². The van der Waals surface area contributed by atoms with E-state index in [1.54, 1.807) is 12.1 Å². The van der Waals surface area contributed by atoms with Crippen LogP contribution >= 0.6 is 0 Å². The largest absolute Gasteiger partial charge is 0.395 e. The van der Waals surface area contributed by atoms with Gasteiger partial charge in [0.05, 0.1) is 11.5 Å². The van der Waals surface area contributed by atoms with Crippen LogP contribution in [-0.2, 0) is 10.1 Å². The molecule has 0 unspecified atom stereocenters. The second-order valence-electron chi connectivity index (χ2n) is 6.08. The second-order valence-corrected chi connectivity index (χ2v) is 7.50. The number of rotatable bonds is 10. The van der Waals surface area contributed by atoms with Crippen molar-refractivity contribution in [2.75, 3.05) is 26.7 Å². The highest BCUT2D eigenvalue weighted by Crippen LogP contribution is 2.08. The summed E-state index contributed by atoms with van der Waals surface area (Å²) in [6.45, 7) is 6.32. The molecule has 0 aliphatic carbocycles. The molecule has 24 heavy (non-hydrogen) atoms. The van der Waals surface area contributed by atoms with Gasteiger partial charge in [-0.1, -0.05) is 56.7 Å². The predicted molar refractivity (Wildman–Crippen MR) is 99.0 cm³/mol. The quantitative estimate of drug-likeness (QED) is 0.494. The van der Waals surface area contributed by atoms with E-state index in [9.17, 15) is 8.42 Å². The van der Waals surface area contributed by atoms with Crippen LogP contribution in [0, 0.1) is 6.92 Å². The topological polar surface area (TPSA) is 77.8 Å². The van der Waals surface area contributed by atoms with Crippen LogP contribution in [0.1, 0.15) is 51.0 Å². The van der Waals surface area contributed by atoms with Crippen molar-refractivity contribution in [3.63, 3.8) is 0 Å². The maximum Gasteiger partial charge on any atom is 0.294 e. The molecule has 1 rings (SSSR count). The minimum Gasteiger partial charge on any atom is -0.395 e. The van der Waals surface area contributed by atoms with Gasteiger partial charge in [-0.15, -0.1) is 0 Å². The zero-order chi connectivity index (χ0) is 18.4. The van der Waals surface area contributed by atoms with Gasteiger partial charge in [-0.05, 0) is 39.1 Å². The molecule has 0 saturated carbocycles. The van der Waals surface area contributed by atoms with Crippen LogP contribution in [0.3, 0.4) is 0 Å². The van der Waals surface area contributed by atoms with Crippen LogP contribution in [-0.4, -0.2) is 49.7 Å². The molecule has 140 valence electrons. The average Bonchev–Trinajstić information content (AvgIpc) is 2.51. The van der Waals surface area contributed by atoms with Gasteiger partial charge in [0.2, 0.25) is 0 Å². The highest BCUT2D eigenvalue weighted by atomic mass is 32.2. The Morgan fingerprint density at radius 2 is 1.50 bits per heavy atom. The Balaban J connectivity index is 0.000000446. The van der Waals surface area contributed by atoms with Crippen LogP contribution < -0.4 is 0 Å². The van der Waals surface area contributed by atoms with Crippen molar-refractivity contribution in [2.45, 2.75) is 57.3 Å². The van der Waals surface area contributed by atoms with E-state index in [0.717, 1.165) is 18.7 Å². The molecule has 0 heterocycles. The van der Waals surface area contributed by atoms with E-state index in [1.165, 1.54) is 50.7 Å². The van der Waals surface area contributed by atoms with E-state index < -0.39 is 10.1 Å². The van der Waals surface area contributed by atoms with Gasteiger partial charge in [0.25, 0.3) is 10.1 Å². The third-order valence-electron chi connectivity index (χ3n) is 3.69. The monoisotopic (exact) mass is 359 g/mol. The van der Waals surface area contributed by atoms with E-state index in [4.69, 9.17) is 9.66 Å². The molecule has 1 aromatic carbocycles. The fraction of sp³-hybridized carbons (Fsp3) is 0.667. The van der Waals surface area contributed by atoms with E-state index in [0.29, 0.717) is 0 Å². The number of unbranched alkanes of at least 4 members (excludes halogenated alkanes) is 5. The molecule has 0 saturated heterocycles. The SMILES string of the molecule is CCCCCCCCN(C)CCO.Cc1ccc(S(=O)(=O)O)cc1. The number of nitrogens with zero attached hydrogens (tertiary/aromatic N) is 1. The first-order valence-electron chi connectivity index (χ1n) is 8.64. The Labute approximate surface area is 147 Å². The summed E-state index contributed by atoms with van der Waals surface area (Å²) in [5.74, 6) is 0. The van der Waals surface area contributed by atoms with Crippen LogP contribution in [0.2, 0.25) is 0 Å². The maximum atomic E-state index is 10.5. The predicted octanol–water partition coefficient (Wildman–Crippen LogP) is 3.51. The minimum absolute atomic E-state index is 0.0666. The molecule has 5 nitrogen and oxygen atoms in total. The number of aliphatic hydroxyl groups is 1. The van der Waals surface area contributed by atoms with E-state index in [-0.39, 0.29) is 11.5 Å². The number of benzene rings is 1. The highest BCUT2D eigenvalue weighted by molar-refractivity contribution is 7.85. The molecule has 1 aromatic rings. The summed E-state index contributed by atoms with van der Waals surface area (Å²) >= 11 is 0. The van der Waals surface area contributed by atoms with Crippen molar-refractivity contribution in [3.8, 4) is 0 Å². The molecule has 0 aromatic heterocycles. The normalized spacial score (nSPS) is 11.2. The molecule has 2 N–H and O–H groups in total. The first-order chi connectivity index (χ1) is 11.3. The molecule has 6 heteroatoms. The molecular weight excluding hydrogens is 326 g/mol. The molecule has 0 aliphatic heterocycles. The van der Waals surface area contributed by atoms with Gasteiger partial charge in [-0.25, -0.2) is 0 Å². The standard InChI is InChI=1S/C11H25NO.C7H8O3S/c1-3-4-5-6-7-8-9-12(2)10-11-13;1-6-2-4-7(5-3-6)11(8,9)10/h13H,3-11H2,1-2H3;2-5H,1H3,(H,8,9,10). The van der Waals surface area contributed by atoms with Crippen LogP contribution in [0.25, 0.3) is 0 Å². The van der Waals surface area contributed by atoms with Crippen LogP contribution in [0.5, 0.6) is 0 Å². The highest BCUT2D eigenvalue weighted by Gasteiger charge is 2.06. The molecular formula is C18H33NO4S. The van der Waals surface area contributed by atoms with Crippen molar-refractivity contribution < 1.29 is 18.1 Å². The second kappa shape index (κ2) is 13.4. The third kappa shape index (κ3) is 12.5. The first-order valence-corrected chi connectivity index (χ1v) is 10.1. The van der Waals surface area contributed by atoms with Gasteiger partial charge in [0, 0.05) is 6.54 Å². The fourth-order valence-electron chi connectivity index (χ4n) is 2.15. The lowest BCUT2D eigenvalue weighted by molar-refractivity contribution is 0.219. The fourth-order valence-corrected chi connectivity index (χ4v) is 2.63.